The fraction of sp³-hybridized carbons (Fsp3) is 0.235. The average molecular weight is 338 g/mol. The first-order valence-corrected chi connectivity index (χ1v) is 7.81. The molecule has 0 aromatic heterocycles. The number of para-hydroxylation sites is 1. The van der Waals surface area contributed by atoms with E-state index in [1.807, 2.05) is 37.3 Å². The van der Waals surface area contributed by atoms with E-state index >= 15 is 0 Å². The molecule has 1 atom stereocenters. The molecule has 0 fully saturated rings. The third-order valence-corrected chi connectivity index (χ3v) is 3.70. The molecule has 0 aliphatic heterocycles. The minimum Gasteiger partial charge on any atom is -0.464 e. The maximum Gasteiger partial charge on any atom is 0.333 e. The number of carbonyl (C=O) groups excluding carboxylic acids is 1. The number of carbonyl (C=O) groups is 1. The van der Waals surface area contributed by atoms with Gasteiger partial charge in [-0.25, -0.2) is 4.79 Å². The topological polar surface area (TPSA) is 38.3 Å². The van der Waals surface area contributed by atoms with Crippen LogP contribution in [0.4, 0.5) is 5.69 Å². The molecule has 0 bridgehead atoms. The lowest BCUT2D eigenvalue weighted by Gasteiger charge is -2.20. The van der Waals surface area contributed by atoms with Gasteiger partial charge in [0.1, 0.15) is 0 Å². The molecule has 0 saturated heterocycles. The van der Waals surface area contributed by atoms with Crippen molar-refractivity contribution in [3.63, 3.8) is 0 Å². The van der Waals surface area contributed by atoms with Gasteiger partial charge in [-0.2, -0.15) is 0 Å². The zero-order valence-electron chi connectivity index (χ0n) is 12.2. The molecular formula is C17H17Cl2NO2. The van der Waals surface area contributed by atoms with Crippen molar-refractivity contribution in [2.24, 2.45) is 0 Å². The van der Waals surface area contributed by atoms with Crippen LogP contribution in [0, 0.1) is 0 Å². The van der Waals surface area contributed by atoms with Crippen molar-refractivity contribution in [3.8, 4) is 0 Å². The zero-order chi connectivity index (χ0) is 15.9. The zero-order valence-corrected chi connectivity index (χ0v) is 13.7. The quantitative estimate of drug-likeness (QED) is 0.745. The summed E-state index contributed by atoms with van der Waals surface area (Å²) in [5.41, 5.74) is 1.31. The van der Waals surface area contributed by atoms with E-state index in [1.54, 1.807) is 18.2 Å². The van der Waals surface area contributed by atoms with Crippen LogP contribution in [0.5, 0.6) is 0 Å². The average Bonchev–Trinajstić information content (AvgIpc) is 2.53. The highest BCUT2D eigenvalue weighted by atomic mass is 35.5. The first-order valence-electron chi connectivity index (χ1n) is 7.05. The summed E-state index contributed by atoms with van der Waals surface area (Å²) in [7, 11) is 0. The summed E-state index contributed by atoms with van der Waals surface area (Å²) < 4.78 is 5.27. The second-order valence-electron chi connectivity index (χ2n) is 4.75. The van der Waals surface area contributed by atoms with Gasteiger partial charge in [0.05, 0.1) is 22.3 Å². The summed E-state index contributed by atoms with van der Waals surface area (Å²) in [6.07, 6.45) is 0.764. The number of rotatable bonds is 6. The number of esters is 1. The molecule has 22 heavy (non-hydrogen) atoms. The van der Waals surface area contributed by atoms with Gasteiger partial charge in [0.25, 0.3) is 0 Å². The Morgan fingerprint density at radius 2 is 1.73 bits per heavy atom. The lowest BCUT2D eigenvalue weighted by atomic mass is 10.1. The third kappa shape index (κ3) is 4.15. The summed E-state index contributed by atoms with van der Waals surface area (Å²) in [6.45, 7) is 2.32. The number of nitrogens with one attached hydrogen (secondary N) is 1. The molecule has 0 aliphatic carbocycles. The van der Waals surface area contributed by atoms with Gasteiger partial charge in [-0.3, -0.25) is 0 Å². The molecule has 0 radical (unpaired) electrons. The molecule has 0 spiro atoms. The Hall–Kier alpha value is -1.71. The van der Waals surface area contributed by atoms with Crippen molar-refractivity contribution in [3.05, 3.63) is 64.1 Å². The highest BCUT2D eigenvalue weighted by Crippen LogP contribution is 2.33. The third-order valence-electron chi connectivity index (χ3n) is 3.07. The maximum absolute atomic E-state index is 12.4. The van der Waals surface area contributed by atoms with E-state index < -0.39 is 6.04 Å². The molecule has 1 N–H and O–H groups in total. The van der Waals surface area contributed by atoms with E-state index in [2.05, 4.69) is 5.32 Å². The van der Waals surface area contributed by atoms with Crippen molar-refractivity contribution in [1.29, 1.82) is 0 Å². The highest BCUT2D eigenvalue weighted by Gasteiger charge is 2.23. The standard InChI is InChI=1S/C17H17Cl2NO2/c1-2-11-22-17(21)15(12-7-4-3-5-8-12)20-16-13(18)9-6-10-14(16)19/h3-10,15,20H,2,11H2,1H3. The van der Waals surface area contributed by atoms with Crippen molar-refractivity contribution >= 4 is 34.9 Å². The Kier molecular flexibility index (Phi) is 6.10. The SMILES string of the molecule is CCCOC(=O)C(Nc1c(Cl)cccc1Cl)c1ccccc1. The second kappa shape index (κ2) is 8.06. The summed E-state index contributed by atoms with van der Waals surface area (Å²) >= 11 is 12.3. The number of hydrogen-bond donors (Lipinski definition) is 1. The van der Waals surface area contributed by atoms with Gasteiger partial charge < -0.3 is 10.1 Å². The van der Waals surface area contributed by atoms with Crippen molar-refractivity contribution in [1.82, 2.24) is 0 Å². The van der Waals surface area contributed by atoms with E-state index in [1.165, 1.54) is 0 Å². The van der Waals surface area contributed by atoms with Crippen LogP contribution in [0.3, 0.4) is 0 Å². The van der Waals surface area contributed by atoms with Crippen molar-refractivity contribution < 1.29 is 9.53 Å². The molecule has 0 amide bonds. The minimum atomic E-state index is -0.662. The van der Waals surface area contributed by atoms with Crippen LogP contribution in [-0.4, -0.2) is 12.6 Å². The Morgan fingerprint density at radius 1 is 1.09 bits per heavy atom. The number of hydrogen-bond acceptors (Lipinski definition) is 3. The van der Waals surface area contributed by atoms with Crippen molar-refractivity contribution in [2.45, 2.75) is 19.4 Å². The first-order chi connectivity index (χ1) is 10.6. The molecule has 5 heteroatoms. The fourth-order valence-corrected chi connectivity index (χ4v) is 2.50. The van der Waals surface area contributed by atoms with E-state index in [-0.39, 0.29) is 5.97 Å². The Morgan fingerprint density at radius 3 is 2.32 bits per heavy atom. The van der Waals surface area contributed by atoms with Gasteiger partial charge in [-0.05, 0) is 24.1 Å². The van der Waals surface area contributed by atoms with Gasteiger partial charge in [0.15, 0.2) is 6.04 Å². The largest absolute Gasteiger partial charge is 0.464 e. The molecule has 2 aromatic carbocycles. The van der Waals surface area contributed by atoms with Crippen LogP contribution in [0.25, 0.3) is 0 Å². The van der Waals surface area contributed by atoms with Gasteiger partial charge >= 0.3 is 5.97 Å². The van der Waals surface area contributed by atoms with E-state index in [0.29, 0.717) is 22.3 Å². The minimum absolute atomic E-state index is 0.357. The highest BCUT2D eigenvalue weighted by molar-refractivity contribution is 6.39. The predicted octanol–water partition coefficient (Wildman–Crippen LogP) is 5.10. The van der Waals surface area contributed by atoms with Crippen LogP contribution in [0.1, 0.15) is 24.9 Å². The maximum atomic E-state index is 12.4. The monoisotopic (exact) mass is 337 g/mol. The van der Waals surface area contributed by atoms with Crippen LogP contribution >= 0.6 is 23.2 Å². The second-order valence-corrected chi connectivity index (χ2v) is 5.57. The summed E-state index contributed by atoms with van der Waals surface area (Å²) in [4.78, 5) is 12.4. The molecule has 0 saturated carbocycles. The van der Waals surface area contributed by atoms with Crippen LogP contribution < -0.4 is 5.32 Å². The number of benzene rings is 2. The molecular weight excluding hydrogens is 321 g/mol. The molecule has 0 aliphatic rings. The van der Waals surface area contributed by atoms with Gasteiger partial charge in [-0.15, -0.1) is 0 Å². The lowest BCUT2D eigenvalue weighted by Crippen LogP contribution is -2.24. The molecule has 3 nitrogen and oxygen atoms in total. The summed E-state index contributed by atoms with van der Waals surface area (Å²) in [5, 5.41) is 4.01. The Balaban J connectivity index is 2.31. The molecule has 0 heterocycles. The molecule has 2 aromatic rings. The Labute approximate surface area is 140 Å². The van der Waals surface area contributed by atoms with E-state index in [4.69, 9.17) is 27.9 Å². The fourth-order valence-electron chi connectivity index (χ4n) is 1.99. The first kappa shape index (κ1) is 16.7. The summed E-state index contributed by atoms with van der Waals surface area (Å²) in [5.74, 6) is -0.357. The normalized spacial score (nSPS) is 11.8. The lowest BCUT2D eigenvalue weighted by molar-refractivity contribution is -0.144. The molecule has 2 rings (SSSR count). The number of halogens is 2. The van der Waals surface area contributed by atoms with Gasteiger partial charge in [0.2, 0.25) is 0 Å². The van der Waals surface area contributed by atoms with Crippen LogP contribution in [0.2, 0.25) is 10.0 Å². The van der Waals surface area contributed by atoms with Gasteiger partial charge in [-0.1, -0.05) is 66.5 Å². The summed E-state index contributed by atoms with van der Waals surface area (Å²) in [6, 6.07) is 13.9. The van der Waals surface area contributed by atoms with Crippen LogP contribution in [0.15, 0.2) is 48.5 Å². The van der Waals surface area contributed by atoms with Crippen molar-refractivity contribution in [2.75, 3.05) is 11.9 Å². The van der Waals surface area contributed by atoms with Gasteiger partial charge in [0, 0.05) is 0 Å². The van der Waals surface area contributed by atoms with E-state index in [0.717, 1.165) is 12.0 Å². The van der Waals surface area contributed by atoms with E-state index in [9.17, 15) is 4.79 Å². The molecule has 1 unspecified atom stereocenters. The predicted molar refractivity (Wildman–Crippen MR) is 90.5 cm³/mol. The number of anilines is 1. The smallest absolute Gasteiger partial charge is 0.333 e. The molecule has 116 valence electrons. The Bertz CT molecular complexity index is 612. The van der Waals surface area contributed by atoms with Crippen LogP contribution in [-0.2, 0) is 9.53 Å². The number of ether oxygens (including phenoxy) is 1.